The number of nitriles is 1. The molecule has 2 atom stereocenters. The molecule has 1 amide bonds. The Balaban J connectivity index is 1.28. The van der Waals surface area contributed by atoms with Crippen LogP contribution < -0.4 is 15.1 Å². The Morgan fingerprint density at radius 2 is 1.95 bits per heavy atom. The Bertz CT molecular complexity index is 1490. The van der Waals surface area contributed by atoms with Crippen molar-refractivity contribution >= 4 is 28.4 Å². The summed E-state index contributed by atoms with van der Waals surface area (Å²) in [6.07, 6.45) is 4.57. The van der Waals surface area contributed by atoms with Crippen molar-refractivity contribution in [1.82, 2.24) is 20.2 Å². The molecule has 4 heterocycles. The van der Waals surface area contributed by atoms with Gasteiger partial charge in [-0.2, -0.15) is 5.26 Å². The molecule has 2 aromatic carbocycles. The number of rotatable bonds is 5. The monoisotopic (exact) mass is 537 g/mol. The summed E-state index contributed by atoms with van der Waals surface area (Å²) in [4.78, 5) is 28.6. The molecular formula is C31H35N7O2. The zero-order chi connectivity index (χ0) is 27.3. The molecule has 40 heavy (non-hydrogen) atoms. The van der Waals surface area contributed by atoms with E-state index in [0.717, 1.165) is 62.7 Å². The van der Waals surface area contributed by atoms with Crippen molar-refractivity contribution in [2.45, 2.75) is 62.6 Å². The second-order valence-electron chi connectivity index (χ2n) is 11.7. The van der Waals surface area contributed by atoms with Gasteiger partial charge in [-0.15, -0.1) is 0 Å². The third-order valence-corrected chi connectivity index (χ3v) is 9.47. The van der Waals surface area contributed by atoms with Crippen molar-refractivity contribution in [3.05, 3.63) is 59.5 Å². The highest BCUT2D eigenvalue weighted by molar-refractivity contribution is 5.94. The number of hydrogen-bond donors (Lipinski definition) is 2. The second-order valence-corrected chi connectivity index (χ2v) is 11.7. The van der Waals surface area contributed by atoms with Gasteiger partial charge in [0.15, 0.2) is 0 Å². The number of nitrogens with zero attached hydrogens (tertiary/aromatic N) is 6. The Morgan fingerprint density at radius 3 is 2.73 bits per heavy atom. The van der Waals surface area contributed by atoms with E-state index in [1.807, 2.05) is 0 Å². The first-order valence-electron chi connectivity index (χ1n) is 14.6. The van der Waals surface area contributed by atoms with Crippen molar-refractivity contribution < 1.29 is 9.90 Å². The molecule has 1 aliphatic carbocycles. The average Bonchev–Trinajstić information content (AvgIpc) is 3.61. The predicted octanol–water partition coefficient (Wildman–Crippen LogP) is 4.06. The quantitative estimate of drug-likeness (QED) is 0.502. The summed E-state index contributed by atoms with van der Waals surface area (Å²) >= 11 is 0. The van der Waals surface area contributed by atoms with Gasteiger partial charge in [-0.3, -0.25) is 0 Å². The minimum Gasteiger partial charge on any atom is -0.465 e. The largest absolute Gasteiger partial charge is 0.465 e. The van der Waals surface area contributed by atoms with E-state index in [2.05, 4.69) is 63.7 Å². The minimum absolute atomic E-state index is 0.0169. The van der Waals surface area contributed by atoms with Crippen LogP contribution >= 0.6 is 0 Å². The Morgan fingerprint density at radius 1 is 1.10 bits per heavy atom. The molecule has 9 heteroatoms. The van der Waals surface area contributed by atoms with Crippen LogP contribution in [0.2, 0.25) is 0 Å². The fraction of sp³-hybridized carbons (Fsp3) is 0.484. The number of benzene rings is 2. The maximum absolute atomic E-state index is 11.9. The number of fused-ring (bicyclic) bond motifs is 2. The van der Waals surface area contributed by atoms with E-state index in [4.69, 9.17) is 9.97 Å². The minimum atomic E-state index is -0.958. The van der Waals surface area contributed by atoms with Crippen molar-refractivity contribution in [1.29, 1.82) is 5.26 Å². The summed E-state index contributed by atoms with van der Waals surface area (Å²) in [7, 11) is 0. The highest BCUT2D eigenvalue weighted by atomic mass is 16.4. The van der Waals surface area contributed by atoms with Crippen LogP contribution in [0.4, 0.5) is 16.3 Å². The number of aromatic nitrogens is 2. The van der Waals surface area contributed by atoms with Gasteiger partial charge in [0.2, 0.25) is 0 Å². The number of piperazine rings is 1. The van der Waals surface area contributed by atoms with Gasteiger partial charge in [0.05, 0.1) is 30.8 Å². The molecule has 7 rings (SSSR count). The molecule has 4 aliphatic rings. The van der Waals surface area contributed by atoms with Crippen LogP contribution in [0.5, 0.6) is 0 Å². The third-order valence-electron chi connectivity index (χ3n) is 9.47. The van der Waals surface area contributed by atoms with E-state index in [-0.39, 0.29) is 17.9 Å². The number of hydrogen-bond acceptors (Lipinski definition) is 7. The lowest BCUT2D eigenvalue weighted by molar-refractivity contribution is 0.119. The molecule has 3 aromatic rings. The van der Waals surface area contributed by atoms with Gasteiger partial charge >= 0.3 is 6.09 Å². The molecule has 206 valence electrons. The smallest absolute Gasteiger partial charge is 0.407 e. The van der Waals surface area contributed by atoms with Crippen LogP contribution in [0, 0.1) is 11.3 Å². The fourth-order valence-corrected chi connectivity index (χ4v) is 7.18. The van der Waals surface area contributed by atoms with Crippen LogP contribution in [-0.4, -0.2) is 70.9 Å². The van der Waals surface area contributed by atoms with Gasteiger partial charge < -0.3 is 25.1 Å². The standard InChI is InChI=1S/C31H35N7O2/c32-14-10-22-19-37(17-18-38(22)30(39)40)28-24-11-16-36(26-8-3-6-21-5-1-2-7-23(21)26)20-25(24)34-29(35-28)31(12-13-31)27-9-4-15-33-27/h1-3,5-8,22,27,33H,4,9-13,15-20H2,(H,39,40)/t22-,27+/m0/s1. The zero-order valence-electron chi connectivity index (χ0n) is 22.7. The molecule has 0 unspecified atom stereocenters. The van der Waals surface area contributed by atoms with Crippen LogP contribution in [0.15, 0.2) is 42.5 Å². The van der Waals surface area contributed by atoms with Gasteiger partial charge in [0, 0.05) is 54.3 Å². The molecule has 0 bridgehead atoms. The molecule has 0 radical (unpaired) electrons. The molecule has 9 nitrogen and oxygen atoms in total. The Hall–Kier alpha value is -3.90. The van der Waals surface area contributed by atoms with E-state index in [1.165, 1.54) is 33.3 Å². The first kappa shape index (κ1) is 25.1. The molecule has 0 spiro atoms. The molecule has 3 aliphatic heterocycles. The van der Waals surface area contributed by atoms with E-state index >= 15 is 0 Å². The highest BCUT2D eigenvalue weighted by Gasteiger charge is 2.54. The second kappa shape index (κ2) is 9.93. The van der Waals surface area contributed by atoms with Crippen LogP contribution in [-0.2, 0) is 18.4 Å². The number of amides is 1. The maximum atomic E-state index is 11.9. The van der Waals surface area contributed by atoms with Gasteiger partial charge in [0.1, 0.15) is 11.6 Å². The Labute approximate surface area is 234 Å². The molecule has 3 fully saturated rings. The highest BCUT2D eigenvalue weighted by Crippen LogP contribution is 2.52. The van der Waals surface area contributed by atoms with Gasteiger partial charge in [0.25, 0.3) is 0 Å². The first-order valence-corrected chi connectivity index (χ1v) is 14.6. The zero-order valence-corrected chi connectivity index (χ0v) is 22.7. The molecule has 2 saturated heterocycles. The van der Waals surface area contributed by atoms with Crippen LogP contribution in [0.25, 0.3) is 10.8 Å². The normalized spacial score (nSPS) is 23.6. The first-order chi connectivity index (χ1) is 19.6. The lowest BCUT2D eigenvalue weighted by Gasteiger charge is -2.41. The van der Waals surface area contributed by atoms with E-state index in [0.29, 0.717) is 25.7 Å². The van der Waals surface area contributed by atoms with E-state index < -0.39 is 6.09 Å². The fourth-order valence-electron chi connectivity index (χ4n) is 7.18. The summed E-state index contributed by atoms with van der Waals surface area (Å²) in [6, 6.07) is 17.3. The molecular weight excluding hydrogens is 502 g/mol. The number of carboxylic acid groups (broad SMARTS) is 1. The SMILES string of the molecule is N#CC[C@H]1CN(c2nc(C3([C@H]4CCCN4)CC3)nc3c2CCN(c2cccc4ccccc24)C3)CCN1C(=O)O. The summed E-state index contributed by atoms with van der Waals surface area (Å²) in [5.41, 5.74) is 3.47. The lowest BCUT2D eigenvalue weighted by Crippen LogP contribution is -2.55. The number of anilines is 2. The van der Waals surface area contributed by atoms with E-state index in [1.54, 1.807) is 0 Å². The van der Waals surface area contributed by atoms with Gasteiger partial charge in [-0.05, 0) is 50.1 Å². The molecule has 2 N–H and O–H groups in total. The summed E-state index contributed by atoms with van der Waals surface area (Å²) < 4.78 is 0. The van der Waals surface area contributed by atoms with Crippen molar-refractivity contribution in [3.8, 4) is 6.07 Å². The summed E-state index contributed by atoms with van der Waals surface area (Å²) in [5, 5.41) is 25.4. The van der Waals surface area contributed by atoms with Crippen LogP contribution in [0.1, 0.15) is 49.2 Å². The van der Waals surface area contributed by atoms with Crippen molar-refractivity contribution in [3.63, 3.8) is 0 Å². The van der Waals surface area contributed by atoms with Gasteiger partial charge in [-0.25, -0.2) is 14.8 Å². The maximum Gasteiger partial charge on any atom is 0.407 e. The predicted molar refractivity (Wildman–Crippen MR) is 154 cm³/mol. The number of nitrogens with one attached hydrogen (secondary N) is 1. The number of carbonyl (C=O) groups is 1. The van der Waals surface area contributed by atoms with E-state index in [9.17, 15) is 15.2 Å². The van der Waals surface area contributed by atoms with Gasteiger partial charge in [-0.1, -0.05) is 36.4 Å². The lowest BCUT2D eigenvalue weighted by atomic mass is 9.93. The third kappa shape index (κ3) is 4.22. The molecule has 1 saturated carbocycles. The van der Waals surface area contributed by atoms with Crippen molar-refractivity contribution in [2.75, 3.05) is 42.5 Å². The van der Waals surface area contributed by atoms with Crippen LogP contribution in [0.3, 0.4) is 0 Å². The Kier molecular flexibility index (Phi) is 6.23. The average molecular weight is 538 g/mol. The topological polar surface area (TPSA) is 109 Å². The summed E-state index contributed by atoms with van der Waals surface area (Å²) in [6.45, 7) is 4.04. The molecule has 1 aromatic heterocycles. The summed E-state index contributed by atoms with van der Waals surface area (Å²) in [5.74, 6) is 1.90. The van der Waals surface area contributed by atoms with Crippen molar-refractivity contribution in [2.24, 2.45) is 0 Å².